The fourth-order valence-electron chi connectivity index (χ4n) is 3.94. The number of rotatable bonds is 7. The summed E-state index contributed by atoms with van der Waals surface area (Å²) in [7, 11) is 4.11. The van der Waals surface area contributed by atoms with Crippen molar-refractivity contribution in [1.29, 1.82) is 0 Å². The summed E-state index contributed by atoms with van der Waals surface area (Å²) in [5.41, 5.74) is 3.62. The zero-order valence-corrected chi connectivity index (χ0v) is 16.6. The summed E-state index contributed by atoms with van der Waals surface area (Å²) < 4.78 is 5.44. The molecular weight excluding hydrogens is 336 g/mol. The number of morpholine rings is 1. The number of ketones is 1. The number of carbonyl (C=O) groups excluding carboxylic acids is 1. The van der Waals surface area contributed by atoms with Crippen molar-refractivity contribution in [2.75, 3.05) is 45.3 Å². The second kappa shape index (κ2) is 9.16. The Morgan fingerprint density at radius 1 is 1.04 bits per heavy atom. The van der Waals surface area contributed by atoms with Crippen molar-refractivity contribution in [3.63, 3.8) is 0 Å². The molecule has 2 aromatic carbocycles. The van der Waals surface area contributed by atoms with Crippen LogP contribution in [0.3, 0.4) is 0 Å². The summed E-state index contributed by atoms with van der Waals surface area (Å²) in [6.45, 7) is 5.14. The van der Waals surface area contributed by atoms with Gasteiger partial charge in [-0.2, -0.15) is 0 Å². The first kappa shape index (κ1) is 19.6. The molecule has 1 heterocycles. The van der Waals surface area contributed by atoms with Crippen LogP contribution in [0.4, 0.5) is 5.69 Å². The molecule has 4 heteroatoms. The number of hydrogen-bond acceptors (Lipinski definition) is 4. The highest BCUT2D eigenvalue weighted by molar-refractivity contribution is 5.79. The fourth-order valence-corrected chi connectivity index (χ4v) is 3.94. The second-order valence-corrected chi connectivity index (χ2v) is 7.51. The van der Waals surface area contributed by atoms with Crippen LogP contribution in [0.1, 0.15) is 24.1 Å². The van der Waals surface area contributed by atoms with Crippen LogP contribution in [0.25, 0.3) is 0 Å². The molecule has 3 rings (SSSR count). The lowest BCUT2D eigenvalue weighted by Gasteiger charge is -2.33. The van der Waals surface area contributed by atoms with Gasteiger partial charge in [0, 0.05) is 30.7 Å². The molecule has 0 radical (unpaired) electrons. The number of hydrogen-bond donors (Lipinski definition) is 0. The minimum absolute atomic E-state index is 0.0569. The molecule has 0 spiro atoms. The van der Waals surface area contributed by atoms with Gasteiger partial charge in [0.15, 0.2) is 0 Å². The number of nitrogens with zero attached hydrogens (tertiary/aromatic N) is 2. The van der Waals surface area contributed by atoms with Gasteiger partial charge in [-0.1, -0.05) is 42.5 Å². The zero-order chi connectivity index (χ0) is 19.2. The number of anilines is 1. The van der Waals surface area contributed by atoms with Crippen molar-refractivity contribution in [2.24, 2.45) is 5.92 Å². The third-order valence-corrected chi connectivity index (χ3v) is 5.37. The molecule has 0 saturated carbocycles. The summed E-state index contributed by atoms with van der Waals surface area (Å²) >= 11 is 0. The summed E-state index contributed by atoms with van der Waals surface area (Å²) in [6.07, 6.45) is 0.754. The Morgan fingerprint density at radius 3 is 2.22 bits per heavy atom. The van der Waals surface area contributed by atoms with E-state index in [-0.39, 0.29) is 17.7 Å². The Hall–Kier alpha value is -2.17. The summed E-state index contributed by atoms with van der Waals surface area (Å²) in [5.74, 6) is 0.159. The third kappa shape index (κ3) is 4.96. The van der Waals surface area contributed by atoms with Gasteiger partial charge in [-0.25, -0.2) is 0 Å². The Kier molecular flexibility index (Phi) is 6.64. The van der Waals surface area contributed by atoms with E-state index in [1.165, 1.54) is 16.8 Å². The molecule has 0 bridgehead atoms. The molecule has 2 aromatic rings. The van der Waals surface area contributed by atoms with Gasteiger partial charge in [-0.05, 0) is 50.7 Å². The molecule has 144 valence electrons. The fraction of sp³-hybridized carbons (Fsp3) is 0.435. The van der Waals surface area contributed by atoms with Gasteiger partial charge in [-0.3, -0.25) is 4.79 Å². The maximum atomic E-state index is 12.5. The number of benzene rings is 2. The molecule has 0 amide bonds. The summed E-state index contributed by atoms with van der Waals surface area (Å²) in [4.78, 5) is 17.0. The molecule has 1 aliphatic heterocycles. The van der Waals surface area contributed by atoms with Gasteiger partial charge in [0.05, 0.1) is 13.2 Å². The summed E-state index contributed by atoms with van der Waals surface area (Å²) in [5, 5.41) is 0. The van der Waals surface area contributed by atoms with E-state index in [9.17, 15) is 4.79 Å². The van der Waals surface area contributed by atoms with E-state index in [2.05, 4.69) is 60.3 Å². The van der Waals surface area contributed by atoms with Gasteiger partial charge < -0.3 is 14.5 Å². The molecule has 1 aliphatic rings. The van der Waals surface area contributed by atoms with Gasteiger partial charge in [0.1, 0.15) is 5.78 Å². The smallest absolute Gasteiger partial charge is 0.135 e. The largest absolute Gasteiger partial charge is 0.378 e. The highest BCUT2D eigenvalue weighted by atomic mass is 16.5. The van der Waals surface area contributed by atoms with Crippen LogP contribution in [-0.2, 0) is 16.0 Å². The van der Waals surface area contributed by atoms with Crippen LogP contribution in [0, 0.1) is 5.92 Å². The highest BCUT2D eigenvalue weighted by Gasteiger charge is 2.29. The van der Waals surface area contributed by atoms with E-state index in [0.29, 0.717) is 0 Å². The van der Waals surface area contributed by atoms with Crippen LogP contribution in [0.5, 0.6) is 0 Å². The van der Waals surface area contributed by atoms with Gasteiger partial charge in [0.2, 0.25) is 0 Å². The first-order valence-electron chi connectivity index (χ1n) is 9.69. The van der Waals surface area contributed by atoms with Crippen LogP contribution in [0.15, 0.2) is 54.6 Å². The quantitative estimate of drug-likeness (QED) is 0.750. The minimum atomic E-state index is -0.0726. The maximum absolute atomic E-state index is 12.5. The molecule has 0 N–H and O–H groups in total. The average molecular weight is 367 g/mol. The van der Waals surface area contributed by atoms with E-state index in [0.717, 1.165) is 32.7 Å². The molecule has 0 aliphatic carbocycles. The lowest BCUT2D eigenvalue weighted by Crippen LogP contribution is -2.36. The molecule has 1 saturated heterocycles. The molecular formula is C23H30N2O2. The lowest BCUT2D eigenvalue weighted by molar-refractivity contribution is -0.122. The van der Waals surface area contributed by atoms with Crippen molar-refractivity contribution < 1.29 is 9.53 Å². The van der Waals surface area contributed by atoms with Crippen LogP contribution in [-0.4, -0.2) is 51.1 Å². The minimum Gasteiger partial charge on any atom is -0.378 e. The van der Waals surface area contributed by atoms with E-state index >= 15 is 0 Å². The SMILES string of the molecule is CC(=O)C(Cc1ccccc1)C(c1ccc(N2CCOCC2)cc1)N(C)C. The zero-order valence-electron chi connectivity index (χ0n) is 16.6. The van der Waals surface area contributed by atoms with Crippen molar-refractivity contribution in [1.82, 2.24) is 4.90 Å². The topological polar surface area (TPSA) is 32.8 Å². The number of Topliss-reactive ketones (excluding diaryl/α,β-unsaturated/α-hetero) is 1. The van der Waals surface area contributed by atoms with Crippen molar-refractivity contribution in [3.8, 4) is 0 Å². The van der Waals surface area contributed by atoms with E-state index in [4.69, 9.17) is 4.74 Å². The maximum Gasteiger partial charge on any atom is 0.135 e. The first-order valence-corrected chi connectivity index (χ1v) is 9.69. The normalized spacial score (nSPS) is 17.0. The lowest BCUT2D eigenvalue weighted by atomic mass is 9.84. The Balaban J connectivity index is 1.83. The standard InChI is InChI=1S/C23H30N2O2/c1-18(26)22(17-19-7-5-4-6-8-19)23(24(2)3)20-9-11-21(12-10-20)25-13-15-27-16-14-25/h4-12,22-23H,13-17H2,1-3H3. The third-order valence-electron chi connectivity index (χ3n) is 5.37. The van der Waals surface area contributed by atoms with Crippen molar-refractivity contribution >= 4 is 11.5 Å². The molecule has 4 nitrogen and oxygen atoms in total. The Bertz CT molecular complexity index is 722. The predicted octanol–water partition coefficient (Wildman–Crippen LogP) is 3.57. The highest BCUT2D eigenvalue weighted by Crippen LogP contribution is 2.32. The molecule has 27 heavy (non-hydrogen) atoms. The van der Waals surface area contributed by atoms with E-state index in [1.54, 1.807) is 6.92 Å². The predicted molar refractivity (Wildman–Crippen MR) is 110 cm³/mol. The van der Waals surface area contributed by atoms with Crippen LogP contribution < -0.4 is 4.90 Å². The molecule has 0 aromatic heterocycles. The second-order valence-electron chi connectivity index (χ2n) is 7.51. The first-order chi connectivity index (χ1) is 13.1. The Morgan fingerprint density at radius 2 is 1.67 bits per heavy atom. The molecule has 1 fully saturated rings. The van der Waals surface area contributed by atoms with Crippen molar-refractivity contribution in [3.05, 3.63) is 65.7 Å². The van der Waals surface area contributed by atoms with Crippen LogP contribution in [0.2, 0.25) is 0 Å². The van der Waals surface area contributed by atoms with Gasteiger partial charge in [-0.15, -0.1) is 0 Å². The number of ether oxygens (including phenoxy) is 1. The molecule has 2 atom stereocenters. The van der Waals surface area contributed by atoms with Crippen LogP contribution >= 0.6 is 0 Å². The average Bonchev–Trinajstić information content (AvgIpc) is 2.69. The molecule has 2 unspecified atom stereocenters. The summed E-state index contributed by atoms with van der Waals surface area (Å²) in [6, 6.07) is 19.1. The van der Waals surface area contributed by atoms with Crippen molar-refractivity contribution in [2.45, 2.75) is 19.4 Å². The van der Waals surface area contributed by atoms with E-state index < -0.39 is 0 Å². The Labute approximate surface area is 162 Å². The monoisotopic (exact) mass is 366 g/mol. The number of carbonyl (C=O) groups is 1. The van der Waals surface area contributed by atoms with E-state index in [1.807, 2.05) is 18.2 Å². The van der Waals surface area contributed by atoms with Gasteiger partial charge >= 0.3 is 0 Å². The van der Waals surface area contributed by atoms with Gasteiger partial charge in [0.25, 0.3) is 0 Å².